The number of hydrogen-bond acceptors (Lipinski definition) is 2. The van der Waals surface area contributed by atoms with E-state index in [4.69, 9.17) is 0 Å². The van der Waals surface area contributed by atoms with Crippen LogP contribution in [0.4, 0.5) is 4.79 Å². The highest BCUT2D eigenvalue weighted by Gasteiger charge is 2.28. The molecule has 1 atom stereocenters. The number of nitrogens with zero attached hydrogens (tertiary/aromatic N) is 2. The second kappa shape index (κ2) is 9.23. The van der Waals surface area contributed by atoms with Gasteiger partial charge in [0.05, 0.1) is 0 Å². The summed E-state index contributed by atoms with van der Waals surface area (Å²) in [5, 5.41) is 3.27. The molecule has 138 valence electrons. The van der Waals surface area contributed by atoms with Gasteiger partial charge in [-0.3, -0.25) is 4.90 Å². The summed E-state index contributed by atoms with van der Waals surface area (Å²) < 4.78 is 0. The van der Waals surface area contributed by atoms with Crippen LogP contribution in [-0.4, -0.2) is 54.6 Å². The number of amides is 2. The first-order valence-corrected chi connectivity index (χ1v) is 10.0. The number of likely N-dealkylation sites (N-methyl/N-ethyl adjacent to an activating group) is 1. The molecular formula is C21H33N3O. The molecule has 3 rings (SSSR count). The Hall–Kier alpha value is -1.55. The Bertz CT molecular complexity index is 527. The molecule has 1 heterocycles. The van der Waals surface area contributed by atoms with Crippen molar-refractivity contribution < 1.29 is 4.79 Å². The number of urea groups is 1. The molecule has 25 heavy (non-hydrogen) atoms. The Morgan fingerprint density at radius 1 is 1.12 bits per heavy atom. The third-order valence-electron chi connectivity index (χ3n) is 5.80. The van der Waals surface area contributed by atoms with Gasteiger partial charge in [-0.05, 0) is 44.2 Å². The minimum atomic E-state index is 0.0754. The van der Waals surface area contributed by atoms with E-state index in [0.717, 1.165) is 32.0 Å². The van der Waals surface area contributed by atoms with Gasteiger partial charge >= 0.3 is 6.03 Å². The van der Waals surface area contributed by atoms with Crippen LogP contribution in [0.3, 0.4) is 0 Å². The van der Waals surface area contributed by atoms with Crippen LogP contribution < -0.4 is 5.32 Å². The lowest BCUT2D eigenvalue weighted by atomic mass is 9.92. The van der Waals surface area contributed by atoms with Crippen LogP contribution in [0.15, 0.2) is 30.3 Å². The lowest BCUT2D eigenvalue weighted by Gasteiger charge is -2.40. The molecule has 1 aliphatic carbocycles. The number of likely N-dealkylation sites (tertiary alicyclic amines) is 1. The van der Waals surface area contributed by atoms with Gasteiger partial charge in [0.25, 0.3) is 0 Å². The van der Waals surface area contributed by atoms with Gasteiger partial charge in [0.2, 0.25) is 0 Å². The smallest absolute Gasteiger partial charge is 0.317 e. The molecule has 0 bridgehead atoms. The Labute approximate surface area is 152 Å². The molecule has 2 aliphatic rings. The molecule has 4 heteroatoms. The van der Waals surface area contributed by atoms with Crippen molar-refractivity contribution >= 4 is 6.03 Å². The van der Waals surface area contributed by atoms with E-state index in [2.05, 4.69) is 34.5 Å². The number of benzene rings is 1. The maximum atomic E-state index is 12.5. The van der Waals surface area contributed by atoms with Crippen molar-refractivity contribution in [2.24, 2.45) is 0 Å². The van der Waals surface area contributed by atoms with Gasteiger partial charge in [-0.1, -0.05) is 49.6 Å². The van der Waals surface area contributed by atoms with Crippen LogP contribution in [0.5, 0.6) is 0 Å². The zero-order chi connectivity index (χ0) is 17.5. The van der Waals surface area contributed by atoms with Crippen molar-refractivity contribution in [1.29, 1.82) is 0 Å². The Morgan fingerprint density at radius 2 is 1.88 bits per heavy atom. The average Bonchev–Trinajstić information content (AvgIpc) is 2.68. The van der Waals surface area contributed by atoms with Crippen LogP contribution in [0.1, 0.15) is 50.5 Å². The van der Waals surface area contributed by atoms with E-state index in [1.165, 1.54) is 50.6 Å². The molecule has 4 nitrogen and oxygen atoms in total. The Kier molecular flexibility index (Phi) is 6.74. The SMILES string of the molecule is CN(CCc1ccccc1)C(=O)NC1CCCN(C2CCCCC2)C1. The molecule has 1 aromatic rings. The van der Waals surface area contributed by atoms with E-state index in [1.54, 1.807) is 0 Å². The summed E-state index contributed by atoms with van der Waals surface area (Å²) >= 11 is 0. The van der Waals surface area contributed by atoms with Crippen LogP contribution in [0.25, 0.3) is 0 Å². The molecule has 1 unspecified atom stereocenters. The highest BCUT2D eigenvalue weighted by atomic mass is 16.2. The monoisotopic (exact) mass is 343 g/mol. The first-order chi connectivity index (χ1) is 12.2. The fourth-order valence-electron chi connectivity index (χ4n) is 4.23. The number of rotatable bonds is 5. The molecule has 1 N–H and O–H groups in total. The molecule has 2 amide bonds. The lowest BCUT2D eigenvalue weighted by Crippen LogP contribution is -2.53. The zero-order valence-corrected chi connectivity index (χ0v) is 15.6. The van der Waals surface area contributed by atoms with Crippen molar-refractivity contribution in [3.8, 4) is 0 Å². The molecule has 1 aliphatic heterocycles. The van der Waals surface area contributed by atoms with Crippen molar-refractivity contribution in [1.82, 2.24) is 15.1 Å². The maximum absolute atomic E-state index is 12.5. The fraction of sp³-hybridized carbons (Fsp3) is 0.667. The van der Waals surface area contributed by atoms with Gasteiger partial charge in [-0.2, -0.15) is 0 Å². The highest BCUT2D eigenvalue weighted by Crippen LogP contribution is 2.25. The number of hydrogen-bond donors (Lipinski definition) is 1. The number of carbonyl (C=O) groups is 1. The summed E-state index contributed by atoms with van der Waals surface area (Å²) in [4.78, 5) is 17.0. The number of carbonyl (C=O) groups excluding carboxylic acids is 1. The van der Waals surface area contributed by atoms with Crippen LogP contribution >= 0.6 is 0 Å². The minimum Gasteiger partial charge on any atom is -0.334 e. The van der Waals surface area contributed by atoms with Gasteiger partial charge < -0.3 is 10.2 Å². The number of nitrogens with one attached hydrogen (secondary N) is 1. The molecule has 0 radical (unpaired) electrons. The fourth-order valence-corrected chi connectivity index (χ4v) is 4.23. The Balaban J connectivity index is 1.43. The largest absolute Gasteiger partial charge is 0.334 e. The average molecular weight is 344 g/mol. The van der Waals surface area contributed by atoms with Crippen molar-refractivity contribution in [3.63, 3.8) is 0 Å². The molecule has 0 aromatic heterocycles. The topological polar surface area (TPSA) is 35.6 Å². The first kappa shape index (κ1) is 18.2. The number of piperidine rings is 1. The van der Waals surface area contributed by atoms with E-state index >= 15 is 0 Å². The predicted molar refractivity (Wildman–Crippen MR) is 103 cm³/mol. The van der Waals surface area contributed by atoms with Crippen LogP contribution in [0, 0.1) is 0 Å². The summed E-state index contributed by atoms with van der Waals surface area (Å²) in [6.07, 6.45) is 10.1. The molecule has 1 aromatic carbocycles. The van der Waals surface area contributed by atoms with Gasteiger partial charge in [0, 0.05) is 32.2 Å². The third-order valence-corrected chi connectivity index (χ3v) is 5.80. The summed E-state index contributed by atoms with van der Waals surface area (Å²) in [7, 11) is 1.90. The molecule has 2 fully saturated rings. The zero-order valence-electron chi connectivity index (χ0n) is 15.6. The second-order valence-electron chi connectivity index (χ2n) is 7.73. The predicted octanol–water partition coefficient (Wildman–Crippen LogP) is 3.67. The first-order valence-electron chi connectivity index (χ1n) is 10.0. The second-order valence-corrected chi connectivity index (χ2v) is 7.73. The van der Waals surface area contributed by atoms with Crippen LogP contribution in [0.2, 0.25) is 0 Å². The van der Waals surface area contributed by atoms with Gasteiger partial charge in [-0.25, -0.2) is 4.79 Å². The quantitative estimate of drug-likeness (QED) is 0.885. The van der Waals surface area contributed by atoms with E-state index < -0.39 is 0 Å². The minimum absolute atomic E-state index is 0.0754. The molecular weight excluding hydrogens is 310 g/mol. The lowest BCUT2D eigenvalue weighted by molar-refractivity contribution is 0.109. The van der Waals surface area contributed by atoms with E-state index in [1.807, 2.05) is 18.0 Å². The van der Waals surface area contributed by atoms with E-state index in [-0.39, 0.29) is 6.03 Å². The molecule has 0 spiro atoms. The summed E-state index contributed by atoms with van der Waals surface area (Å²) in [5.41, 5.74) is 1.28. The molecule has 1 saturated heterocycles. The van der Waals surface area contributed by atoms with Crippen molar-refractivity contribution in [2.45, 2.75) is 63.5 Å². The Morgan fingerprint density at radius 3 is 2.64 bits per heavy atom. The normalized spacial score (nSPS) is 22.5. The summed E-state index contributed by atoms with van der Waals surface area (Å²) in [6.45, 7) is 3.00. The van der Waals surface area contributed by atoms with E-state index in [9.17, 15) is 4.79 Å². The van der Waals surface area contributed by atoms with Crippen LogP contribution in [-0.2, 0) is 6.42 Å². The molecule has 1 saturated carbocycles. The highest BCUT2D eigenvalue weighted by molar-refractivity contribution is 5.74. The van der Waals surface area contributed by atoms with Gasteiger partial charge in [0.15, 0.2) is 0 Å². The van der Waals surface area contributed by atoms with Crippen molar-refractivity contribution in [2.75, 3.05) is 26.7 Å². The standard InChI is InChI=1S/C21H33N3O/c1-23(16-14-18-9-4-2-5-10-18)21(25)22-19-11-8-15-24(17-19)20-12-6-3-7-13-20/h2,4-5,9-10,19-20H,3,6-8,11-17H2,1H3,(H,22,25). The summed E-state index contributed by atoms with van der Waals surface area (Å²) in [5.74, 6) is 0. The van der Waals surface area contributed by atoms with Gasteiger partial charge in [0.1, 0.15) is 0 Å². The van der Waals surface area contributed by atoms with Gasteiger partial charge in [-0.15, -0.1) is 0 Å². The van der Waals surface area contributed by atoms with E-state index in [0.29, 0.717) is 6.04 Å². The third kappa shape index (κ3) is 5.46. The van der Waals surface area contributed by atoms with Crippen molar-refractivity contribution in [3.05, 3.63) is 35.9 Å². The summed E-state index contributed by atoms with van der Waals surface area (Å²) in [6, 6.07) is 11.5. The maximum Gasteiger partial charge on any atom is 0.317 e.